The molecular weight excluding hydrogens is 362 g/mol. The van der Waals surface area contributed by atoms with Crippen LogP contribution in [0, 0.1) is 12.8 Å². The highest BCUT2D eigenvalue weighted by Gasteiger charge is 2.33. The lowest BCUT2D eigenvalue weighted by Gasteiger charge is -2.26. The quantitative estimate of drug-likeness (QED) is 0.671. The Kier molecular flexibility index (Phi) is 6.22. The van der Waals surface area contributed by atoms with Crippen molar-refractivity contribution in [3.8, 4) is 5.75 Å². The van der Waals surface area contributed by atoms with Crippen LogP contribution >= 0.6 is 0 Å². The fourth-order valence-corrected chi connectivity index (χ4v) is 4.97. The molecular formula is C24H33N3O2. The lowest BCUT2D eigenvalue weighted by molar-refractivity contribution is -0.132. The van der Waals surface area contributed by atoms with E-state index in [0.717, 1.165) is 55.5 Å². The van der Waals surface area contributed by atoms with E-state index in [9.17, 15) is 4.79 Å². The summed E-state index contributed by atoms with van der Waals surface area (Å²) < 4.78 is 7.54. The highest BCUT2D eigenvalue weighted by molar-refractivity contribution is 5.77. The largest absolute Gasteiger partial charge is 0.497 e. The van der Waals surface area contributed by atoms with Gasteiger partial charge in [-0.25, -0.2) is 4.98 Å². The Morgan fingerprint density at radius 1 is 1.14 bits per heavy atom. The van der Waals surface area contributed by atoms with Crippen molar-refractivity contribution in [1.82, 2.24) is 14.5 Å². The Hall–Kier alpha value is -2.30. The molecule has 2 fully saturated rings. The Morgan fingerprint density at radius 2 is 1.90 bits per heavy atom. The van der Waals surface area contributed by atoms with Crippen LogP contribution in [0.3, 0.4) is 0 Å². The van der Waals surface area contributed by atoms with E-state index in [4.69, 9.17) is 9.72 Å². The molecule has 4 rings (SSSR count). The van der Waals surface area contributed by atoms with E-state index in [0.29, 0.717) is 12.3 Å². The molecule has 5 nitrogen and oxygen atoms in total. The van der Waals surface area contributed by atoms with Gasteiger partial charge in [0.2, 0.25) is 5.91 Å². The molecule has 1 saturated heterocycles. The number of benzene rings is 1. The molecule has 1 aromatic heterocycles. The second-order valence-electron chi connectivity index (χ2n) is 8.63. The van der Waals surface area contributed by atoms with Crippen molar-refractivity contribution in [2.75, 3.05) is 13.7 Å². The third-order valence-corrected chi connectivity index (χ3v) is 6.70. The number of amides is 1. The van der Waals surface area contributed by atoms with Gasteiger partial charge in [0.1, 0.15) is 11.6 Å². The van der Waals surface area contributed by atoms with E-state index in [2.05, 4.69) is 28.5 Å². The van der Waals surface area contributed by atoms with E-state index in [1.807, 2.05) is 18.3 Å². The number of aromatic nitrogens is 2. The molecule has 1 aromatic carbocycles. The summed E-state index contributed by atoms with van der Waals surface area (Å²) in [6.07, 6.45) is 11.1. The van der Waals surface area contributed by atoms with Gasteiger partial charge in [0, 0.05) is 31.4 Å². The van der Waals surface area contributed by atoms with Crippen molar-refractivity contribution in [2.45, 2.75) is 70.9 Å². The van der Waals surface area contributed by atoms with Crippen LogP contribution in [-0.2, 0) is 11.3 Å². The molecule has 0 N–H and O–H groups in total. The molecule has 156 valence electrons. The third-order valence-electron chi connectivity index (χ3n) is 6.70. The average molecular weight is 396 g/mol. The number of methoxy groups -OCH3 is 1. The lowest BCUT2D eigenvalue weighted by atomic mass is 10.0. The van der Waals surface area contributed by atoms with Gasteiger partial charge in [-0.15, -0.1) is 0 Å². The van der Waals surface area contributed by atoms with Crippen molar-refractivity contribution >= 4 is 5.91 Å². The first kappa shape index (κ1) is 20.0. The molecule has 0 bridgehead atoms. The first-order chi connectivity index (χ1) is 14.2. The van der Waals surface area contributed by atoms with Gasteiger partial charge in [0.05, 0.1) is 13.2 Å². The number of ether oxygens (including phenoxy) is 1. The van der Waals surface area contributed by atoms with Gasteiger partial charge in [-0.05, 0) is 49.8 Å². The number of likely N-dealkylation sites (tertiary alicyclic amines) is 1. The van der Waals surface area contributed by atoms with Gasteiger partial charge in [-0.3, -0.25) is 4.79 Å². The number of imidazole rings is 1. The standard InChI is InChI=1S/C24H33N3O2/c1-18-16-25-24(27(18)17-20-9-12-21(29-2)13-10-20)22-8-5-15-26(22)23(28)14-11-19-6-3-4-7-19/h9-10,12-13,16,19,22H,3-8,11,14-15,17H2,1-2H3. The summed E-state index contributed by atoms with van der Waals surface area (Å²) in [7, 11) is 1.69. The normalized spacial score (nSPS) is 19.8. The second kappa shape index (κ2) is 9.02. The molecule has 1 atom stereocenters. The number of carbonyl (C=O) groups excluding carboxylic acids is 1. The number of carbonyl (C=O) groups is 1. The monoisotopic (exact) mass is 395 g/mol. The summed E-state index contributed by atoms with van der Waals surface area (Å²) in [6, 6.07) is 8.30. The fourth-order valence-electron chi connectivity index (χ4n) is 4.97. The first-order valence-corrected chi connectivity index (χ1v) is 11.1. The Balaban J connectivity index is 1.47. The van der Waals surface area contributed by atoms with Gasteiger partial charge in [-0.2, -0.15) is 0 Å². The highest BCUT2D eigenvalue weighted by Crippen LogP contribution is 2.34. The minimum absolute atomic E-state index is 0.109. The maximum Gasteiger partial charge on any atom is 0.223 e. The lowest BCUT2D eigenvalue weighted by Crippen LogP contribution is -2.32. The van der Waals surface area contributed by atoms with Crippen LogP contribution in [0.15, 0.2) is 30.5 Å². The van der Waals surface area contributed by atoms with Gasteiger partial charge < -0.3 is 14.2 Å². The molecule has 2 aromatic rings. The van der Waals surface area contributed by atoms with Crippen LogP contribution in [0.25, 0.3) is 0 Å². The van der Waals surface area contributed by atoms with Crippen LogP contribution in [0.1, 0.15) is 74.5 Å². The predicted molar refractivity (Wildman–Crippen MR) is 114 cm³/mol. The van der Waals surface area contributed by atoms with Crippen LogP contribution in [0.4, 0.5) is 0 Å². The predicted octanol–water partition coefficient (Wildman–Crippen LogP) is 4.88. The van der Waals surface area contributed by atoms with Crippen LogP contribution < -0.4 is 4.74 Å². The van der Waals surface area contributed by atoms with E-state index in [1.54, 1.807) is 7.11 Å². The van der Waals surface area contributed by atoms with E-state index in [1.165, 1.54) is 31.2 Å². The summed E-state index contributed by atoms with van der Waals surface area (Å²) in [5.41, 5.74) is 2.35. The van der Waals surface area contributed by atoms with Crippen molar-refractivity contribution in [3.63, 3.8) is 0 Å². The zero-order valence-corrected chi connectivity index (χ0v) is 17.8. The van der Waals surface area contributed by atoms with Crippen molar-refractivity contribution in [2.24, 2.45) is 5.92 Å². The van der Waals surface area contributed by atoms with E-state index < -0.39 is 0 Å². The number of hydrogen-bond acceptors (Lipinski definition) is 3. The Labute approximate surface area is 174 Å². The van der Waals surface area contributed by atoms with Crippen LogP contribution in [0.5, 0.6) is 5.75 Å². The maximum absolute atomic E-state index is 13.0. The topological polar surface area (TPSA) is 47.4 Å². The third kappa shape index (κ3) is 4.49. The molecule has 1 aliphatic carbocycles. The maximum atomic E-state index is 13.0. The highest BCUT2D eigenvalue weighted by atomic mass is 16.5. The summed E-state index contributed by atoms with van der Waals surface area (Å²) in [4.78, 5) is 19.8. The fraction of sp³-hybridized carbons (Fsp3) is 0.583. The molecule has 1 amide bonds. The molecule has 1 unspecified atom stereocenters. The number of nitrogens with zero attached hydrogens (tertiary/aromatic N) is 3. The Morgan fingerprint density at radius 3 is 2.62 bits per heavy atom. The molecule has 5 heteroatoms. The summed E-state index contributed by atoms with van der Waals surface area (Å²) in [5.74, 6) is 2.98. The number of rotatable bonds is 7. The van der Waals surface area contributed by atoms with Crippen LogP contribution in [-0.4, -0.2) is 34.0 Å². The molecule has 0 radical (unpaired) electrons. The van der Waals surface area contributed by atoms with Crippen LogP contribution in [0.2, 0.25) is 0 Å². The minimum Gasteiger partial charge on any atom is -0.497 e. The zero-order valence-electron chi connectivity index (χ0n) is 17.8. The number of hydrogen-bond donors (Lipinski definition) is 0. The molecule has 0 spiro atoms. The van der Waals surface area contributed by atoms with Gasteiger partial charge in [0.15, 0.2) is 0 Å². The van der Waals surface area contributed by atoms with Crippen molar-refractivity contribution in [1.29, 1.82) is 0 Å². The minimum atomic E-state index is 0.109. The smallest absolute Gasteiger partial charge is 0.223 e. The van der Waals surface area contributed by atoms with Gasteiger partial charge in [0.25, 0.3) is 0 Å². The first-order valence-electron chi connectivity index (χ1n) is 11.1. The Bertz CT molecular complexity index is 821. The molecule has 2 heterocycles. The van der Waals surface area contributed by atoms with Gasteiger partial charge >= 0.3 is 0 Å². The average Bonchev–Trinajstić information content (AvgIpc) is 3.49. The van der Waals surface area contributed by atoms with Gasteiger partial charge in [-0.1, -0.05) is 37.8 Å². The molecule has 29 heavy (non-hydrogen) atoms. The van der Waals surface area contributed by atoms with E-state index in [-0.39, 0.29) is 6.04 Å². The summed E-state index contributed by atoms with van der Waals surface area (Å²) in [5, 5.41) is 0. The second-order valence-corrected chi connectivity index (χ2v) is 8.63. The van der Waals surface area contributed by atoms with E-state index >= 15 is 0 Å². The molecule has 1 aliphatic heterocycles. The summed E-state index contributed by atoms with van der Waals surface area (Å²) in [6.45, 7) is 3.73. The number of aryl methyl sites for hydroxylation is 1. The van der Waals surface area contributed by atoms with Crippen molar-refractivity contribution < 1.29 is 9.53 Å². The SMILES string of the molecule is COc1ccc(Cn2c(C)cnc2C2CCCN2C(=O)CCC2CCCC2)cc1. The summed E-state index contributed by atoms with van der Waals surface area (Å²) >= 11 is 0. The van der Waals surface area contributed by atoms with Crippen molar-refractivity contribution in [3.05, 3.63) is 47.5 Å². The zero-order chi connectivity index (χ0) is 20.2. The molecule has 1 saturated carbocycles. The molecule has 2 aliphatic rings.